The fourth-order valence-electron chi connectivity index (χ4n) is 5.40. The summed E-state index contributed by atoms with van der Waals surface area (Å²) in [6, 6.07) is 30.2. The van der Waals surface area contributed by atoms with Gasteiger partial charge in [-0.25, -0.2) is 0 Å². The summed E-state index contributed by atoms with van der Waals surface area (Å²) in [4.78, 5) is 24.9. The maximum absolute atomic E-state index is 12.5. The number of ketones is 2. The maximum Gasteiger partial charge on any atom is 0.200 e. The first-order valence-electron chi connectivity index (χ1n) is 13.8. The van der Waals surface area contributed by atoms with Crippen LogP contribution in [0.2, 0.25) is 0 Å². The number of ether oxygens (including phenoxy) is 4. The van der Waals surface area contributed by atoms with E-state index in [0.717, 1.165) is 19.3 Å². The lowest BCUT2D eigenvalue weighted by molar-refractivity contribution is 0.0912. The molecular weight excluding hydrogens is 516 g/mol. The summed E-state index contributed by atoms with van der Waals surface area (Å²) >= 11 is 0. The van der Waals surface area contributed by atoms with Crippen LogP contribution in [0.4, 0.5) is 0 Å². The van der Waals surface area contributed by atoms with Gasteiger partial charge in [0.2, 0.25) is 0 Å². The van der Waals surface area contributed by atoms with Gasteiger partial charge in [0.05, 0.1) is 14.2 Å². The Labute approximate surface area is 240 Å². The van der Waals surface area contributed by atoms with Crippen LogP contribution in [-0.2, 0) is 0 Å². The zero-order chi connectivity index (χ0) is 28.6. The molecule has 0 heterocycles. The van der Waals surface area contributed by atoms with Crippen LogP contribution in [0.15, 0.2) is 97.1 Å². The maximum atomic E-state index is 12.5. The number of carbonyl (C=O) groups excluding carboxylic acids is 2. The fraction of sp³-hybridized carbons (Fsp3) is 0.257. The minimum atomic E-state index is -0.0787. The third kappa shape index (κ3) is 6.77. The number of rotatable bonds is 12. The van der Waals surface area contributed by atoms with E-state index in [1.807, 2.05) is 60.7 Å². The van der Waals surface area contributed by atoms with E-state index in [0.29, 0.717) is 46.0 Å². The molecule has 1 fully saturated rings. The molecule has 41 heavy (non-hydrogen) atoms. The summed E-state index contributed by atoms with van der Waals surface area (Å²) in [6.07, 6.45) is 3.09. The van der Waals surface area contributed by atoms with Crippen molar-refractivity contribution in [1.29, 1.82) is 0 Å². The highest BCUT2D eigenvalue weighted by atomic mass is 16.5. The average molecular weight is 551 g/mol. The molecule has 1 saturated carbocycles. The van der Waals surface area contributed by atoms with Gasteiger partial charge in [0.15, 0.2) is 47.8 Å². The second-order valence-corrected chi connectivity index (χ2v) is 10.2. The number of Topliss-reactive ketones (excluding diaryl/α,β-unsaturated/α-hetero) is 2. The lowest BCUT2D eigenvalue weighted by Gasteiger charge is -2.17. The predicted molar refractivity (Wildman–Crippen MR) is 158 cm³/mol. The molecule has 2 atom stereocenters. The first-order chi connectivity index (χ1) is 20.1. The second kappa shape index (κ2) is 13.2. The molecule has 4 aromatic carbocycles. The van der Waals surface area contributed by atoms with Crippen molar-refractivity contribution in [1.82, 2.24) is 0 Å². The van der Waals surface area contributed by atoms with Gasteiger partial charge in [-0.1, -0.05) is 72.8 Å². The molecule has 0 aliphatic heterocycles. The Kier molecular flexibility index (Phi) is 8.99. The van der Waals surface area contributed by atoms with E-state index in [9.17, 15) is 9.59 Å². The molecule has 1 aliphatic rings. The summed E-state index contributed by atoms with van der Waals surface area (Å²) < 4.78 is 22.9. The number of methoxy groups -OCH3 is 2. The van der Waals surface area contributed by atoms with Crippen LogP contribution >= 0.6 is 0 Å². The molecule has 4 aromatic rings. The highest BCUT2D eigenvalue weighted by Gasteiger charge is 2.28. The van der Waals surface area contributed by atoms with Gasteiger partial charge >= 0.3 is 0 Å². The van der Waals surface area contributed by atoms with E-state index < -0.39 is 0 Å². The molecule has 0 bridgehead atoms. The number of carbonyl (C=O) groups is 2. The first-order valence-corrected chi connectivity index (χ1v) is 13.8. The fourth-order valence-corrected chi connectivity index (χ4v) is 5.40. The zero-order valence-corrected chi connectivity index (χ0v) is 23.4. The zero-order valence-electron chi connectivity index (χ0n) is 23.4. The standard InChI is InChI=1S/C35H34O6/c1-38-34-20-28(15-17-32(34)40-22-30(36)24-9-5-3-6-10-24)26-13-14-27(19-26)29-16-18-33(35(21-29)39-2)41-23-31(37)25-11-7-4-8-12-25/h3-12,15-18,20-21,26-27H,13-14,19,22-23H2,1-2H3/t26-,27?/m0/s1. The van der Waals surface area contributed by atoms with E-state index >= 15 is 0 Å². The highest BCUT2D eigenvalue weighted by Crippen LogP contribution is 2.46. The van der Waals surface area contributed by atoms with Crippen LogP contribution in [0.3, 0.4) is 0 Å². The molecule has 5 rings (SSSR count). The van der Waals surface area contributed by atoms with Gasteiger partial charge in [0, 0.05) is 11.1 Å². The highest BCUT2D eigenvalue weighted by molar-refractivity contribution is 5.97. The SMILES string of the molecule is COc1cc(C2CC[C@H](c3ccc(OCC(=O)c4ccccc4)c(OC)c3)C2)ccc1OCC(=O)c1ccccc1. The normalized spacial score (nSPS) is 16.1. The lowest BCUT2D eigenvalue weighted by Crippen LogP contribution is -2.12. The number of hydrogen-bond acceptors (Lipinski definition) is 6. The van der Waals surface area contributed by atoms with Gasteiger partial charge in [-0.3, -0.25) is 9.59 Å². The lowest BCUT2D eigenvalue weighted by atomic mass is 9.92. The van der Waals surface area contributed by atoms with Gasteiger partial charge in [-0.2, -0.15) is 0 Å². The Morgan fingerprint density at radius 2 is 1.00 bits per heavy atom. The minimum absolute atomic E-state index is 0.0484. The Balaban J connectivity index is 1.21. The van der Waals surface area contributed by atoms with Crippen LogP contribution in [0.1, 0.15) is 62.9 Å². The monoisotopic (exact) mass is 550 g/mol. The van der Waals surface area contributed by atoms with Gasteiger partial charge in [0.25, 0.3) is 0 Å². The van der Waals surface area contributed by atoms with Crippen LogP contribution in [-0.4, -0.2) is 39.0 Å². The molecule has 6 nitrogen and oxygen atoms in total. The van der Waals surface area contributed by atoms with Crippen molar-refractivity contribution in [3.63, 3.8) is 0 Å². The Morgan fingerprint density at radius 1 is 0.585 bits per heavy atom. The summed E-state index contributed by atoms with van der Waals surface area (Å²) in [5.74, 6) is 2.95. The molecule has 1 unspecified atom stereocenters. The Bertz CT molecular complexity index is 1370. The topological polar surface area (TPSA) is 71.1 Å². The van der Waals surface area contributed by atoms with E-state index in [2.05, 4.69) is 12.1 Å². The summed E-state index contributed by atoms with van der Waals surface area (Å²) in [5.41, 5.74) is 3.63. The molecule has 0 spiro atoms. The third-order valence-electron chi connectivity index (χ3n) is 7.66. The molecule has 6 heteroatoms. The van der Waals surface area contributed by atoms with E-state index in [1.54, 1.807) is 38.5 Å². The summed E-state index contributed by atoms with van der Waals surface area (Å²) in [6.45, 7) is -0.0969. The number of hydrogen-bond donors (Lipinski definition) is 0. The van der Waals surface area contributed by atoms with Crippen molar-refractivity contribution in [2.24, 2.45) is 0 Å². The smallest absolute Gasteiger partial charge is 0.200 e. The van der Waals surface area contributed by atoms with Crippen molar-refractivity contribution in [2.45, 2.75) is 31.1 Å². The quantitative estimate of drug-likeness (QED) is 0.173. The van der Waals surface area contributed by atoms with Crippen molar-refractivity contribution in [2.75, 3.05) is 27.4 Å². The molecule has 0 amide bonds. The molecule has 1 aliphatic carbocycles. The van der Waals surface area contributed by atoms with Gasteiger partial charge in [-0.15, -0.1) is 0 Å². The summed E-state index contributed by atoms with van der Waals surface area (Å²) in [5, 5.41) is 0. The Morgan fingerprint density at radius 3 is 1.39 bits per heavy atom. The Hall–Kier alpha value is -4.58. The van der Waals surface area contributed by atoms with Crippen molar-refractivity contribution >= 4 is 11.6 Å². The molecule has 210 valence electrons. The first kappa shape index (κ1) is 28.0. The predicted octanol–water partition coefficient (Wildman–Crippen LogP) is 7.28. The van der Waals surface area contributed by atoms with Crippen LogP contribution in [0, 0.1) is 0 Å². The largest absolute Gasteiger partial charge is 0.493 e. The van der Waals surface area contributed by atoms with Gasteiger partial charge in [-0.05, 0) is 66.5 Å². The van der Waals surface area contributed by atoms with Crippen LogP contribution in [0.5, 0.6) is 23.0 Å². The molecule has 0 aromatic heterocycles. The summed E-state index contributed by atoms with van der Waals surface area (Å²) in [7, 11) is 3.23. The minimum Gasteiger partial charge on any atom is -0.493 e. The third-order valence-corrected chi connectivity index (χ3v) is 7.66. The number of benzene rings is 4. The second-order valence-electron chi connectivity index (χ2n) is 10.2. The molecular formula is C35H34O6. The molecule has 0 saturated heterocycles. The van der Waals surface area contributed by atoms with Crippen LogP contribution in [0.25, 0.3) is 0 Å². The van der Waals surface area contributed by atoms with Crippen molar-refractivity contribution in [3.8, 4) is 23.0 Å². The van der Waals surface area contributed by atoms with E-state index in [-0.39, 0.29) is 24.8 Å². The molecule has 0 radical (unpaired) electrons. The average Bonchev–Trinajstić information content (AvgIpc) is 3.53. The van der Waals surface area contributed by atoms with Crippen LogP contribution < -0.4 is 18.9 Å². The van der Waals surface area contributed by atoms with Crippen molar-refractivity contribution < 1.29 is 28.5 Å². The van der Waals surface area contributed by atoms with Gasteiger partial charge < -0.3 is 18.9 Å². The van der Waals surface area contributed by atoms with E-state index in [1.165, 1.54) is 11.1 Å². The van der Waals surface area contributed by atoms with Crippen molar-refractivity contribution in [3.05, 3.63) is 119 Å². The van der Waals surface area contributed by atoms with Gasteiger partial charge in [0.1, 0.15) is 0 Å². The molecule has 0 N–H and O–H groups in total. The van der Waals surface area contributed by atoms with E-state index in [4.69, 9.17) is 18.9 Å².